The first kappa shape index (κ1) is 17.9. The Hall–Kier alpha value is -1.46. The summed E-state index contributed by atoms with van der Waals surface area (Å²) in [4.78, 5) is 21.2. The number of aliphatic hydroxyl groups is 1. The molecule has 2 saturated heterocycles. The maximum Gasteiger partial charge on any atom is 0.253 e. The van der Waals surface area contributed by atoms with Crippen molar-refractivity contribution in [3.63, 3.8) is 0 Å². The summed E-state index contributed by atoms with van der Waals surface area (Å²) in [5.74, 6) is 0.991. The second-order valence-corrected chi connectivity index (χ2v) is 8.64. The fourth-order valence-corrected chi connectivity index (χ4v) is 4.96. The van der Waals surface area contributed by atoms with Crippen molar-refractivity contribution in [3.8, 4) is 0 Å². The van der Waals surface area contributed by atoms with Crippen LogP contribution in [0.5, 0.6) is 0 Å². The maximum absolute atomic E-state index is 12.6. The van der Waals surface area contributed by atoms with Gasteiger partial charge in [-0.25, -0.2) is 0 Å². The molecule has 1 N–H and O–H groups in total. The first-order valence-corrected chi connectivity index (χ1v) is 10.2. The van der Waals surface area contributed by atoms with Gasteiger partial charge in [-0.15, -0.1) is 0 Å². The Morgan fingerprint density at radius 3 is 2.54 bits per heavy atom. The Kier molecular flexibility index (Phi) is 5.28. The summed E-state index contributed by atoms with van der Waals surface area (Å²) in [5, 5.41) is 10.1. The number of hydrogen-bond donors (Lipinski definition) is 1. The molecule has 0 aromatic carbocycles. The van der Waals surface area contributed by atoms with E-state index < -0.39 is 0 Å². The van der Waals surface area contributed by atoms with Gasteiger partial charge in [0.2, 0.25) is 0 Å². The van der Waals surface area contributed by atoms with Crippen molar-refractivity contribution in [1.82, 2.24) is 14.8 Å². The SMILES string of the molecule is O=C(c1ccncc1)N1CCC(N2CCC[C@@](CO)(CC3CC3)C2)CC1. The van der Waals surface area contributed by atoms with Crippen LogP contribution < -0.4 is 0 Å². The Bertz CT molecular complexity index is 611. The van der Waals surface area contributed by atoms with E-state index in [4.69, 9.17) is 0 Å². The quantitative estimate of drug-likeness (QED) is 0.880. The van der Waals surface area contributed by atoms with Crippen molar-refractivity contribution in [2.75, 3.05) is 32.8 Å². The van der Waals surface area contributed by atoms with Gasteiger partial charge in [-0.1, -0.05) is 12.8 Å². The molecule has 3 aliphatic rings. The van der Waals surface area contributed by atoms with Gasteiger partial charge >= 0.3 is 0 Å². The molecule has 0 unspecified atom stereocenters. The highest BCUT2D eigenvalue weighted by Crippen LogP contribution is 2.45. The van der Waals surface area contributed by atoms with Gasteiger partial charge in [0, 0.05) is 55.7 Å². The fraction of sp³-hybridized carbons (Fsp3) is 0.714. The topological polar surface area (TPSA) is 56.7 Å². The molecule has 4 rings (SSSR count). The average molecular weight is 357 g/mol. The van der Waals surface area contributed by atoms with E-state index in [9.17, 15) is 9.90 Å². The monoisotopic (exact) mass is 357 g/mol. The molecule has 1 amide bonds. The van der Waals surface area contributed by atoms with Crippen LogP contribution in [-0.4, -0.2) is 64.6 Å². The molecule has 142 valence electrons. The second-order valence-electron chi connectivity index (χ2n) is 8.64. The van der Waals surface area contributed by atoms with Crippen LogP contribution in [0.2, 0.25) is 0 Å². The van der Waals surface area contributed by atoms with Gasteiger partial charge in [-0.05, 0) is 56.7 Å². The number of amides is 1. The van der Waals surface area contributed by atoms with Crippen LogP contribution >= 0.6 is 0 Å². The van der Waals surface area contributed by atoms with E-state index in [-0.39, 0.29) is 11.3 Å². The average Bonchev–Trinajstić information content (AvgIpc) is 3.52. The molecule has 2 aliphatic heterocycles. The zero-order chi connectivity index (χ0) is 18.0. The molecule has 1 atom stereocenters. The van der Waals surface area contributed by atoms with Crippen molar-refractivity contribution < 1.29 is 9.90 Å². The standard InChI is InChI=1S/C21H31N3O2/c25-16-21(14-17-2-3-17)8-1-11-24(15-21)19-6-12-23(13-7-19)20(26)18-4-9-22-10-5-18/h4-5,9-10,17,19,25H,1-3,6-8,11-16H2/t21-/m1/s1. The second kappa shape index (κ2) is 7.65. The number of pyridine rings is 1. The molecule has 3 heterocycles. The number of aliphatic hydroxyl groups excluding tert-OH is 1. The van der Waals surface area contributed by atoms with E-state index in [1.54, 1.807) is 24.5 Å². The molecule has 5 heteroatoms. The first-order chi connectivity index (χ1) is 12.7. The number of nitrogens with zero attached hydrogens (tertiary/aromatic N) is 3. The lowest BCUT2D eigenvalue weighted by Gasteiger charge is -2.47. The number of hydrogen-bond acceptors (Lipinski definition) is 4. The van der Waals surface area contributed by atoms with Gasteiger partial charge < -0.3 is 10.0 Å². The zero-order valence-electron chi connectivity index (χ0n) is 15.6. The Balaban J connectivity index is 1.33. The lowest BCUT2D eigenvalue weighted by molar-refractivity contribution is -0.00962. The number of likely N-dealkylation sites (tertiary alicyclic amines) is 2. The number of piperidine rings is 2. The molecular weight excluding hydrogens is 326 g/mol. The minimum absolute atomic E-state index is 0.128. The van der Waals surface area contributed by atoms with Crippen LogP contribution in [0, 0.1) is 11.3 Å². The lowest BCUT2D eigenvalue weighted by atomic mass is 9.75. The van der Waals surface area contributed by atoms with Crippen LogP contribution in [0.1, 0.15) is 55.3 Å². The summed E-state index contributed by atoms with van der Waals surface area (Å²) in [6, 6.07) is 4.15. The summed E-state index contributed by atoms with van der Waals surface area (Å²) in [6.45, 7) is 4.19. The Labute approximate surface area is 156 Å². The van der Waals surface area contributed by atoms with Crippen molar-refractivity contribution in [1.29, 1.82) is 0 Å². The largest absolute Gasteiger partial charge is 0.396 e. The van der Waals surface area contributed by atoms with Crippen molar-refractivity contribution in [2.24, 2.45) is 11.3 Å². The molecule has 26 heavy (non-hydrogen) atoms. The maximum atomic E-state index is 12.6. The van der Waals surface area contributed by atoms with Crippen LogP contribution in [0.25, 0.3) is 0 Å². The van der Waals surface area contributed by atoms with Gasteiger partial charge in [0.05, 0.1) is 0 Å². The fourth-order valence-electron chi connectivity index (χ4n) is 4.96. The highest BCUT2D eigenvalue weighted by atomic mass is 16.3. The number of rotatable bonds is 5. The summed E-state index contributed by atoms with van der Waals surface area (Å²) < 4.78 is 0. The molecule has 1 aromatic rings. The molecule has 0 bridgehead atoms. The molecule has 3 fully saturated rings. The van der Waals surface area contributed by atoms with E-state index in [1.165, 1.54) is 32.1 Å². The highest BCUT2D eigenvalue weighted by molar-refractivity contribution is 5.94. The smallest absolute Gasteiger partial charge is 0.253 e. The predicted molar refractivity (Wildman–Crippen MR) is 101 cm³/mol. The number of carbonyl (C=O) groups excluding carboxylic acids is 1. The van der Waals surface area contributed by atoms with Crippen molar-refractivity contribution in [3.05, 3.63) is 30.1 Å². The Morgan fingerprint density at radius 1 is 1.15 bits per heavy atom. The van der Waals surface area contributed by atoms with Crippen LogP contribution in [0.4, 0.5) is 0 Å². The van der Waals surface area contributed by atoms with E-state index in [2.05, 4.69) is 9.88 Å². The minimum atomic E-state index is 0.128. The van der Waals surface area contributed by atoms with Gasteiger partial charge in [0.1, 0.15) is 0 Å². The third-order valence-electron chi connectivity index (χ3n) is 6.64. The van der Waals surface area contributed by atoms with Gasteiger partial charge in [0.25, 0.3) is 5.91 Å². The lowest BCUT2D eigenvalue weighted by Crippen LogP contribution is -2.53. The molecule has 0 spiro atoms. The van der Waals surface area contributed by atoms with Crippen LogP contribution in [0.15, 0.2) is 24.5 Å². The number of carbonyl (C=O) groups is 1. The zero-order valence-corrected chi connectivity index (χ0v) is 15.6. The van der Waals surface area contributed by atoms with Crippen molar-refractivity contribution >= 4 is 5.91 Å². The molecular formula is C21H31N3O2. The molecule has 1 saturated carbocycles. The van der Waals surface area contributed by atoms with Crippen LogP contribution in [0.3, 0.4) is 0 Å². The van der Waals surface area contributed by atoms with Crippen LogP contribution in [-0.2, 0) is 0 Å². The number of aromatic nitrogens is 1. The summed E-state index contributed by atoms with van der Waals surface area (Å²) >= 11 is 0. The minimum Gasteiger partial charge on any atom is -0.396 e. The summed E-state index contributed by atoms with van der Waals surface area (Å²) in [7, 11) is 0. The summed E-state index contributed by atoms with van der Waals surface area (Å²) in [5.41, 5.74) is 0.865. The molecule has 1 aromatic heterocycles. The van der Waals surface area contributed by atoms with Crippen molar-refractivity contribution in [2.45, 2.75) is 51.0 Å². The van der Waals surface area contributed by atoms with Gasteiger partial charge in [-0.2, -0.15) is 0 Å². The third kappa shape index (κ3) is 3.94. The van der Waals surface area contributed by atoms with E-state index in [0.717, 1.165) is 50.5 Å². The van der Waals surface area contributed by atoms with E-state index in [1.807, 2.05) is 4.90 Å². The third-order valence-corrected chi connectivity index (χ3v) is 6.64. The molecule has 0 radical (unpaired) electrons. The first-order valence-electron chi connectivity index (χ1n) is 10.2. The normalized spacial score (nSPS) is 28.3. The Morgan fingerprint density at radius 2 is 1.88 bits per heavy atom. The molecule has 1 aliphatic carbocycles. The van der Waals surface area contributed by atoms with Gasteiger partial charge in [0.15, 0.2) is 0 Å². The van der Waals surface area contributed by atoms with Gasteiger partial charge in [-0.3, -0.25) is 14.7 Å². The summed E-state index contributed by atoms with van der Waals surface area (Å²) in [6.07, 6.45) is 11.8. The predicted octanol–water partition coefficient (Wildman–Crippen LogP) is 2.56. The van der Waals surface area contributed by atoms with E-state index >= 15 is 0 Å². The highest BCUT2D eigenvalue weighted by Gasteiger charge is 2.41. The van der Waals surface area contributed by atoms with E-state index in [0.29, 0.717) is 12.6 Å². The molecule has 5 nitrogen and oxygen atoms in total.